The van der Waals surface area contributed by atoms with E-state index in [9.17, 15) is 9.59 Å². The van der Waals surface area contributed by atoms with Gasteiger partial charge >= 0.3 is 0 Å². The highest BCUT2D eigenvalue weighted by Crippen LogP contribution is 2.24. The maximum absolute atomic E-state index is 13.7. The summed E-state index contributed by atoms with van der Waals surface area (Å²) < 4.78 is 5.17. The molecule has 0 spiro atoms. The monoisotopic (exact) mass is 478 g/mol. The minimum Gasteiger partial charge on any atom is -0.497 e. The third kappa shape index (κ3) is 6.19. The second kappa shape index (κ2) is 11.4. The number of carbonyl (C=O) groups excluding carboxylic acids is 2. The topological polar surface area (TPSA) is 58.6 Å². The summed E-state index contributed by atoms with van der Waals surface area (Å²) in [6.07, 6.45) is 0.191. The SMILES string of the molecule is COc1ccc(NC(=O)Cc2cccc(N(Cc3ccc(C)cc3)C(=O)c3ccccc3C)c2)cc1. The number of aryl methyl sites for hydroxylation is 2. The Morgan fingerprint density at radius 1 is 0.806 bits per heavy atom. The summed E-state index contributed by atoms with van der Waals surface area (Å²) in [5.41, 5.74) is 6.06. The summed E-state index contributed by atoms with van der Waals surface area (Å²) in [4.78, 5) is 28.2. The van der Waals surface area contributed by atoms with Crippen molar-refractivity contribution in [1.29, 1.82) is 0 Å². The molecule has 0 atom stereocenters. The van der Waals surface area contributed by atoms with Gasteiger partial charge in [0.1, 0.15) is 5.75 Å². The van der Waals surface area contributed by atoms with Crippen LogP contribution in [0.25, 0.3) is 0 Å². The average Bonchev–Trinajstić information content (AvgIpc) is 2.89. The Balaban J connectivity index is 1.58. The van der Waals surface area contributed by atoms with Crippen LogP contribution in [-0.2, 0) is 17.8 Å². The molecule has 0 bridgehead atoms. The van der Waals surface area contributed by atoms with Crippen molar-refractivity contribution in [1.82, 2.24) is 0 Å². The summed E-state index contributed by atoms with van der Waals surface area (Å²) in [6.45, 7) is 4.41. The first-order chi connectivity index (χ1) is 17.4. The van der Waals surface area contributed by atoms with Gasteiger partial charge in [-0.05, 0) is 73.0 Å². The van der Waals surface area contributed by atoms with E-state index in [4.69, 9.17) is 4.74 Å². The van der Waals surface area contributed by atoms with Crippen LogP contribution in [0.15, 0.2) is 97.1 Å². The Kier molecular flexibility index (Phi) is 7.81. The highest BCUT2D eigenvalue weighted by Gasteiger charge is 2.20. The van der Waals surface area contributed by atoms with Gasteiger partial charge in [-0.3, -0.25) is 9.59 Å². The van der Waals surface area contributed by atoms with Crippen LogP contribution >= 0.6 is 0 Å². The number of methoxy groups -OCH3 is 1. The lowest BCUT2D eigenvalue weighted by Gasteiger charge is -2.24. The van der Waals surface area contributed by atoms with E-state index in [2.05, 4.69) is 5.32 Å². The van der Waals surface area contributed by atoms with Crippen LogP contribution in [0.3, 0.4) is 0 Å². The number of ether oxygens (including phenoxy) is 1. The number of hydrogen-bond donors (Lipinski definition) is 1. The highest BCUT2D eigenvalue weighted by atomic mass is 16.5. The summed E-state index contributed by atoms with van der Waals surface area (Å²) in [7, 11) is 1.60. The van der Waals surface area contributed by atoms with Crippen LogP contribution in [0.2, 0.25) is 0 Å². The van der Waals surface area contributed by atoms with Gasteiger partial charge in [0, 0.05) is 16.9 Å². The van der Waals surface area contributed by atoms with Gasteiger partial charge in [0.05, 0.1) is 20.1 Å². The summed E-state index contributed by atoms with van der Waals surface area (Å²) in [6, 6.07) is 30.6. The number of carbonyl (C=O) groups is 2. The van der Waals surface area contributed by atoms with E-state index in [0.29, 0.717) is 17.8 Å². The molecule has 0 heterocycles. The molecular weight excluding hydrogens is 448 g/mol. The Morgan fingerprint density at radius 3 is 2.22 bits per heavy atom. The first kappa shape index (κ1) is 24.7. The molecule has 5 nitrogen and oxygen atoms in total. The summed E-state index contributed by atoms with van der Waals surface area (Å²) in [5.74, 6) is 0.522. The highest BCUT2D eigenvalue weighted by molar-refractivity contribution is 6.07. The Labute approximate surface area is 212 Å². The zero-order chi connectivity index (χ0) is 25.5. The van der Waals surface area contributed by atoms with Gasteiger partial charge in [0.2, 0.25) is 5.91 Å². The van der Waals surface area contributed by atoms with Crippen molar-refractivity contribution >= 4 is 23.2 Å². The van der Waals surface area contributed by atoms with Gasteiger partial charge in [-0.1, -0.05) is 60.2 Å². The van der Waals surface area contributed by atoms with Crippen molar-refractivity contribution < 1.29 is 14.3 Å². The zero-order valence-electron chi connectivity index (χ0n) is 20.8. The van der Waals surface area contributed by atoms with E-state index in [1.165, 1.54) is 5.56 Å². The first-order valence-electron chi connectivity index (χ1n) is 11.9. The third-order valence-electron chi connectivity index (χ3n) is 6.04. The maximum atomic E-state index is 13.7. The van der Waals surface area contributed by atoms with Crippen LogP contribution in [0.4, 0.5) is 11.4 Å². The number of anilines is 2. The molecule has 4 aromatic carbocycles. The molecule has 36 heavy (non-hydrogen) atoms. The molecule has 5 heteroatoms. The minimum absolute atomic E-state index is 0.0755. The molecule has 4 rings (SSSR count). The van der Waals surface area contributed by atoms with E-state index in [1.54, 1.807) is 36.3 Å². The molecule has 2 amide bonds. The molecule has 0 aliphatic rings. The maximum Gasteiger partial charge on any atom is 0.258 e. The molecule has 0 fully saturated rings. The molecule has 0 unspecified atom stereocenters. The smallest absolute Gasteiger partial charge is 0.258 e. The molecule has 0 aromatic heterocycles. The number of amides is 2. The normalized spacial score (nSPS) is 10.5. The largest absolute Gasteiger partial charge is 0.497 e. The van der Waals surface area contributed by atoms with E-state index in [1.807, 2.05) is 86.6 Å². The van der Waals surface area contributed by atoms with Crippen LogP contribution in [-0.4, -0.2) is 18.9 Å². The minimum atomic E-state index is -0.132. The molecule has 0 saturated heterocycles. The van der Waals surface area contributed by atoms with Crippen molar-refractivity contribution in [3.8, 4) is 5.75 Å². The second-order valence-electron chi connectivity index (χ2n) is 8.82. The molecule has 0 aliphatic carbocycles. The molecule has 1 N–H and O–H groups in total. The van der Waals surface area contributed by atoms with Crippen LogP contribution in [0.5, 0.6) is 5.75 Å². The standard InChI is InChI=1S/C31H30N2O3/c1-22-11-13-24(14-12-22)21-33(31(35)29-10-5-4-7-23(29)2)27-9-6-8-25(19-27)20-30(34)32-26-15-17-28(36-3)18-16-26/h4-19H,20-21H2,1-3H3,(H,32,34). The van der Waals surface area contributed by atoms with Gasteiger partial charge in [0.15, 0.2) is 0 Å². The van der Waals surface area contributed by atoms with Gasteiger partial charge in [-0.2, -0.15) is 0 Å². The second-order valence-corrected chi connectivity index (χ2v) is 8.82. The lowest BCUT2D eigenvalue weighted by atomic mass is 10.0. The van der Waals surface area contributed by atoms with Crippen molar-refractivity contribution in [2.45, 2.75) is 26.8 Å². The van der Waals surface area contributed by atoms with E-state index in [0.717, 1.165) is 28.1 Å². The number of rotatable bonds is 8. The molecular formula is C31H30N2O3. The molecule has 0 saturated carbocycles. The quantitative estimate of drug-likeness (QED) is 0.321. The number of benzene rings is 4. The van der Waals surface area contributed by atoms with Gasteiger partial charge in [-0.15, -0.1) is 0 Å². The zero-order valence-corrected chi connectivity index (χ0v) is 20.8. The first-order valence-corrected chi connectivity index (χ1v) is 11.9. The fraction of sp³-hybridized carbons (Fsp3) is 0.161. The number of hydrogen-bond acceptors (Lipinski definition) is 3. The Hall–Kier alpha value is -4.38. The molecule has 4 aromatic rings. The third-order valence-corrected chi connectivity index (χ3v) is 6.04. The number of nitrogens with zero attached hydrogens (tertiary/aromatic N) is 1. The van der Waals surface area contributed by atoms with Crippen LogP contribution < -0.4 is 15.0 Å². The van der Waals surface area contributed by atoms with E-state index < -0.39 is 0 Å². The van der Waals surface area contributed by atoms with Crippen molar-refractivity contribution in [3.63, 3.8) is 0 Å². The Bertz CT molecular complexity index is 1350. The van der Waals surface area contributed by atoms with Gasteiger partial charge in [-0.25, -0.2) is 0 Å². The fourth-order valence-corrected chi connectivity index (χ4v) is 4.01. The summed E-state index contributed by atoms with van der Waals surface area (Å²) in [5, 5.41) is 2.92. The molecule has 182 valence electrons. The van der Waals surface area contributed by atoms with Crippen molar-refractivity contribution in [2.24, 2.45) is 0 Å². The van der Waals surface area contributed by atoms with Crippen LogP contribution in [0, 0.1) is 13.8 Å². The summed E-state index contributed by atoms with van der Waals surface area (Å²) >= 11 is 0. The van der Waals surface area contributed by atoms with Crippen molar-refractivity contribution in [2.75, 3.05) is 17.3 Å². The average molecular weight is 479 g/mol. The molecule has 0 aliphatic heterocycles. The fourth-order valence-electron chi connectivity index (χ4n) is 4.01. The van der Waals surface area contributed by atoms with Gasteiger partial charge < -0.3 is 15.0 Å². The van der Waals surface area contributed by atoms with Gasteiger partial charge in [0.25, 0.3) is 5.91 Å². The van der Waals surface area contributed by atoms with E-state index in [-0.39, 0.29) is 18.2 Å². The van der Waals surface area contributed by atoms with Crippen molar-refractivity contribution in [3.05, 3.63) is 125 Å². The van der Waals surface area contributed by atoms with Crippen LogP contribution in [0.1, 0.15) is 32.6 Å². The number of nitrogens with one attached hydrogen (secondary N) is 1. The van der Waals surface area contributed by atoms with E-state index >= 15 is 0 Å². The predicted molar refractivity (Wildman–Crippen MR) is 145 cm³/mol. The predicted octanol–water partition coefficient (Wildman–Crippen LogP) is 6.34. The lowest BCUT2D eigenvalue weighted by molar-refractivity contribution is -0.115. The Morgan fingerprint density at radius 2 is 1.53 bits per heavy atom. The molecule has 0 radical (unpaired) electrons. The lowest BCUT2D eigenvalue weighted by Crippen LogP contribution is -2.31.